The minimum absolute atomic E-state index is 0.506. The van der Waals surface area contributed by atoms with Crippen LogP contribution in [0.3, 0.4) is 0 Å². The van der Waals surface area contributed by atoms with Crippen molar-refractivity contribution >= 4 is 34.4 Å². The van der Waals surface area contributed by atoms with Crippen LogP contribution in [0.25, 0.3) is 16.9 Å². The van der Waals surface area contributed by atoms with Gasteiger partial charge in [0.1, 0.15) is 11.3 Å². The second-order valence-electron chi connectivity index (χ2n) is 5.05. The third-order valence-electron chi connectivity index (χ3n) is 3.38. The lowest BCUT2D eigenvalue weighted by atomic mass is 10.2. The first kappa shape index (κ1) is 14.4. The number of rotatable bonds is 3. The van der Waals surface area contributed by atoms with Gasteiger partial charge >= 0.3 is 0 Å². The molecule has 0 aliphatic carbocycles. The zero-order valence-electron chi connectivity index (χ0n) is 11.9. The molecule has 0 saturated carbocycles. The molecule has 3 rings (SSSR count). The minimum atomic E-state index is 0.506. The van der Waals surface area contributed by atoms with Crippen LogP contribution < -0.4 is 0 Å². The van der Waals surface area contributed by atoms with E-state index >= 15 is 0 Å². The molecule has 21 heavy (non-hydrogen) atoms. The van der Waals surface area contributed by atoms with E-state index in [1.807, 2.05) is 48.7 Å². The van der Waals surface area contributed by atoms with Gasteiger partial charge in [0, 0.05) is 18.0 Å². The molecule has 0 atom stereocenters. The van der Waals surface area contributed by atoms with Crippen molar-refractivity contribution < 1.29 is 0 Å². The summed E-state index contributed by atoms with van der Waals surface area (Å²) in [6.07, 6.45) is 0.668. The lowest BCUT2D eigenvalue weighted by molar-refractivity contribution is 0.903. The topological polar surface area (TPSA) is 30.7 Å². The number of imidazole rings is 1. The standard InChI is InChI=1S/C16H15Cl2N3/c1-10-3-6-14(12(18)9-10)21-15(7-8-17)20-13-5-4-11(2)19-16(13)21/h3-6,9H,7-8H2,1-2H3. The van der Waals surface area contributed by atoms with E-state index in [0.717, 1.165) is 33.9 Å². The maximum atomic E-state index is 6.42. The number of hydrogen-bond acceptors (Lipinski definition) is 2. The van der Waals surface area contributed by atoms with Crippen LogP contribution in [0.5, 0.6) is 0 Å². The van der Waals surface area contributed by atoms with E-state index in [-0.39, 0.29) is 0 Å². The highest BCUT2D eigenvalue weighted by Crippen LogP contribution is 2.27. The van der Waals surface area contributed by atoms with Gasteiger partial charge < -0.3 is 0 Å². The van der Waals surface area contributed by atoms with Crippen molar-refractivity contribution in [3.63, 3.8) is 0 Å². The number of nitrogens with zero attached hydrogens (tertiary/aromatic N) is 3. The molecule has 0 amide bonds. The lowest BCUT2D eigenvalue weighted by Gasteiger charge is -2.10. The SMILES string of the molecule is Cc1ccc(-n2c(CCCl)nc3ccc(C)nc32)c(Cl)c1. The summed E-state index contributed by atoms with van der Waals surface area (Å²) in [4.78, 5) is 9.26. The molecule has 3 nitrogen and oxygen atoms in total. The number of aromatic nitrogens is 3. The lowest BCUT2D eigenvalue weighted by Crippen LogP contribution is -2.04. The van der Waals surface area contributed by atoms with Gasteiger partial charge in [0.2, 0.25) is 0 Å². The summed E-state index contributed by atoms with van der Waals surface area (Å²) in [6.45, 7) is 3.98. The Kier molecular flexibility index (Phi) is 3.87. The predicted molar refractivity (Wildman–Crippen MR) is 87.8 cm³/mol. The van der Waals surface area contributed by atoms with E-state index in [0.29, 0.717) is 17.3 Å². The molecule has 0 saturated heterocycles. The van der Waals surface area contributed by atoms with Gasteiger partial charge in [-0.2, -0.15) is 0 Å². The van der Waals surface area contributed by atoms with Crippen molar-refractivity contribution in [2.24, 2.45) is 0 Å². The van der Waals surface area contributed by atoms with Crippen LogP contribution in [0.4, 0.5) is 0 Å². The van der Waals surface area contributed by atoms with E-state index in [9.17, 15) is 0 Å². The highest BCUT2D eigenvalue weighted by Gasteiger charge is 2.15. The maximum Gasteiger partial charge on any atom is 0.164 e. The van der Waals surface area contributed by atoms with Crippen LogP contribution in [-0.4, -0.2) is 20.4 Å². The first-order valence-corrected chi connectivity index (χ1v) is 7.69. The average Bonchev–Trinajstić information content (AvgIpc) is 2.77. The number of benzene rings is 1. The van der Waals surface area contributed by atoms with E-state index in [4.69, 9.17) is 23.2 Å². The second-order valence-corrected chi connectivity index (χ2v) is 5.84. The van der Waals surface area contributed by atoms with Crippen LogP contribution in [-0.2, 0) is 6.42 Å². The molecule has 2 heterocycles. The summed E-state index contributed by atoms with van der Waals surface area (Å²) in [7, 11) is 0. The molecule has 0 bridgehead atoms. The number of halogens is 2. The molecule has 3 aromatic rings. The number of alkyl halides is 1. The zero-order valence-corrected chi connectivity index (χ0v) is 13.4. The molecular weight excluding hydrogens is 305 g/mol. The first-order chi connectivity index (χ1) is 10.1. The Bertz CT molecular complexity index is 809. The van der Waals surface area contributed by atoms with Crippen molar-refractivity contribution in [3.05, 3.63) is 52.4 Å². The molecular formula is C16H15Cl2N3. The predicted octanol–water partition coefficient (Wildman–Crippen LogP) is 4.47. The molecule has 0 N–H and O–H groups in total. The van der Waals surface area contributed by atoms with Gasteiger partial charge in [-0.25, -0.2) is 9.97 Å². The minimum Gasteiger partial charge on any atom is -0.279 e. The van der Waals surface area contributed by atoms with Gasteiger partial charge in [0.15, 0.2) is 5.65 Å². The van der Waals surface area contributed by atoms with Crippen molar-refractivity contribution in [3.8, 4) is 5.69 Å². The Morgan fingerprint density at radius 2 is 1.90 bits per heavy atom. The van der Waals surface area contributed by atoms with Crippen LogP contribution in [0.1, 0.15) is 17.1 Å². The van der Waals surface area contributed by atoms with Crippen molar-refractivity contribution in [1.82, 2.24) is 14.5 Å². The van der Waals surface area contributed by atoms with E-state index in [1.165, 1.54) is 0 Å². The summed E-state index contributed by atoms with van der Waals surface area (Å²) in [6, 6.07) is 9.92. The average molecular weight is 320 g/mol. The van der Waals surface area contributed by atoms with E-state index in [2.05, 4.69) is 9.97 Å². The van der Waals surface area contributed by atoms with Crippen LogP contribution in [0.2, 0.25) is 5.02 Å². The van der Waals surface area contributed by atoms with Gasteiger partial charge in [-0.3, -0.25) is 4.57 Å². The second kappa shape index (κ2) is 5.66. The molecule has 0 spiro atoms. The normalized spacial score (nSPS) is 11.2. The summed E-state index contributed by atoms with van der Waals surface area (Å²) in [5.74, 6) is 1.38. The summed E-state index contributed by atoms with van der Waals surface area (Å²) in [5.41, 5.74) is 4.64. The number of aryl methyl sites for hydroxylation is 3. The Hall–Kier alpha value is -1.58. The zero-order chi connectivity index (χ0) is 15.0. The number of fused-ring (bicyclic) bond motifs is 1. The molecule has 0 aliphatic rings. The smallest absolute Gasteiger partial charge is 0.164 e. The third kappa shape index (κ3) is 2.63. The fraction of sp³-hybridized carbons (Fsp3) is 0.250. The Labute approximate surface area is 133 Å². The van der Waals surface area contributed by atoms with Gasteiger partial charge in [0.25, 0.3) is 0 Å². The molecule has 2 aromatic heterocycles. The first-order valence-electron chi connectivity index (χ1n) is 6.77. The molecule has 0 fully saturated rings. The monoisotopic (exact) mass is 319 g/mol. The third-order valence-corrected chi connectivity index (χ3v) is 3.87. The van der Waals surface area contributed by atoms with Crippen LogP contribution >= 0.6 is 23.2 Å². The molecule has 5 heteroatoms. The summed E-state index contributed by atoms with van der Waals surface area (Å²) < 4.78 is 2.01. The number of hydrogen-bond donors (Lipinski definition) is 0. The largest absolute Gasteiger partial charge is 0.279 e. The van der Waals surface area contributed by atoms with Crippen molar-refractivity contribution in [1.29, 1.82) is 0 Å². The van der Waals surface area contributed by atoms with Crippen LogP contribution in [0, 0.1) is 13.8 Å². The summed E-state index contributed by atoms with van der Waals surface area (Å²) >= 11 is 12.3. The Morgan fingerprint density at radius 1 is 1.10 bits per heavy atom. The van der Waals surface area contributed by atoms with Gasteiger partial charge in [0.05, 0.1) is 10.7 Å². The number of pyridine rings is 1. The fourth-order valence-electron chi connectivity index (χ4n) is 2.40. The van der Waals surface area contributed by atoms with Gasteiger partial charge in [-0.05, 0) is 43.7 Å². The quantitative estimate of drug-likeness (QED) is 0.667. The Balaban J connectivity index is 2.32. The van der Waals surface area contributed by atoms with Gasteiger partial charge in [-0.15, -0.1) is 11.6 Å². The highest BCUT2D eigenvalue weighted by atomic mass is 35.5. The summed E-state index contributed by atoms with van der Waals surface area (Å²) in [5, 5.41) is 0.688. The molecule has 108 valence electrons. The molecule has 0 aliphatic heterocycles. The Morgan fingerprint density at radius 3 is 2.62 bits per heavy atom. The molecule has 1 aromatic carbocycles. The van der Waals surface area contributed by atoms with Crippen molar-refractivity contribution in [2.45, 2.75) is 20.3 Å². The highest BCUT2D eigenvalue weighted by molar-refractivity contribution is 6.32. The molecule has 0 radical (unpaired) electrons. The van der Waals surface area contributed by atoms with E-state index in [1.54, 1.807) is 0 Å². The maximum absolute atomic E-state index is 6.42. The van der Waals surface area contributed by atoms with Gasteiger partial charge in [-0.1, -0.05) is 17.7 Å². The van der Waals surface area contributed by atoms with E-state index < -0.39 is 0 Å². The van der Waals surface area contributed by atoms with Crippen LogP contribution in [0.15, 0.2) is 30.3 Å². The molecule has 0 unspecified atom stereocenters. The fourth-order valence-corrected chi connectivity index (χ4v) is 2.89. The van der Waals surface area contributed by atoms with Crippen molar-refractivity contribution in [2.75, 3.05) is 5.88 Å².